The molecular formula is C20H36NO4S+. The monoisotopic (exact) mass is 386 g/mol. The molecular weight excluding hydrogens is 350 g/mol. The van der Waals surface area contributed by atoms with E-state index in [1.807, 2.05) is 0 Å². The molecule has 0 heterocycles. The smallest absolute Gasteiger partial charge is 0.294 e. The first-order valence-corrected chi connectivity index (χ1v) is 11.2. The molecule has 0 radical (unpaired) electrons. The fourth-order valence-corrected chi connectivity index (χ4v) is 3.45. The number of nitrogens with zero attached hydrogens (tertiary/aromatic N) is 1. The third-order valence-electron chi connectivity index (χ3n) is 4.67. The summed E-state index contributed by atoms with van der Waals surface area (Å²) in [6.45, 7) is 5.23. The molecule has 0 saturated carbocycles. The van der Waals surface area contributed by atoms with Gasteiger partial charge in [0.25, 0.3) is 10.1 Å². The van der Waals surface area contributed by atoms with Gasteiger partial charge in [-0.1, -0.05) is 32.6 Å². The maximum atomic E-state index is 11.0. The van der Waals surface area contributed by atoms with Crippen LogP contribution in [0.4, 0.5) is 0 Å². The van der Waals surface area contributed by atoms with Crippen molar-refractivity contribution in [2.45, 2.75) is 63.2 Å². The average molecular weight is 387 g/mol. The average Bonchev–Trinajstić information content (AvgIpc) is 2.57. The molecule has 0 fully saturated rings. The van der Waals surface area contributed by atoms with Crippen LogP contribution in [0.1, 0.15) is 58.3 Å². The SMILES string of the molecule is CCCCCCCC[N+](C)(C)CCCCOc1ccc(S(=O)(=O)O)cc1. The second kappa shape index (κ2) is 11.6. The van der Waals surface area contributed by atoms with Crippen molar-refractivity contribution in [3.63, 3.8) is 0 Å². The van der Waals surface area contributed by atoms with Crippen LogP contribution < -0.4 is 4.74 Å². The van der Waals surface area contributed by atoms with Gasteiger partial charge < -0.3 is 9.22 Å². The standard InChI is InChI=1S/C20H35NO4S/c1-4-5-6-7-8-9-16-21(2,3)17-10-11-18-25-19-12-14-20(15-13-19)26(22,23)24/h12-15H,4-11,16-18H2,1-3H3/p+1. The van der Waals surface area contributed by atoms with Crippen molar-refractivity contribution < 1.29 is 22.2 Å². The molecule has 1 rings (SSSR count). The van der Waals surface area contributed by atoms with Gasteiger partial charge in [-0.3, -0.25) is 4.55 Å². The first-order chi connectivity index (χ1) is 12.2. The summed E-state index contributed by atoms with van der Waals surface area (Å²) >= 11 is 0. The van der Waals surface area contributed by atoms with Crippen LogP contribution in [0.25, 0.3) is 0 Å². The summed E-state index contributed by atoms with van der Waals surface area (Å²) in [4.78, 5) is -0.112. The van der Waals surface area contributed by atoms with Crippen molar-refractivity contribution in [2.24, 2.45) is 0 Å². The second-order valence-corrected chi connectivity index (χ2v) is 9.07. The largest absolute Gasteiger partial charge is 0.494 e. The lowest BCUT2D eigenvalue weighted by Gasteiger charge is -2.30. The van der Waals surface area contributed by atoms with E-state index in [-0.39, 0.29) is 4.90 Å². The molecule has 0 atom stereocenters. The van der Waals surface area contributed by atoms with Crippen molar-refractivity contribution in [1.82, 2.24) is 0 Å². The zero-order chi connectivity index (χ0) is 19.5. The summed E-state index contributed by atoms with van der Waals surface area (Å²) in [5, 5.41) is 0. The van der Waals surface area contributed by atoms with Gasteiger partial charge in [-0.05, 0) is 49.9 Å². The number of quaternary nitrogens is 1. The van der Waals surface area contributed by atoms with Crippen LogP contribution in [-0.4, -0.2) is 51.2 Å². The van der Waals surface area contributed by atoms with E-state index < -0.39 is 10.1 Å². The fourth-order valence-electron chi connectivity index (χ4n) is 2.97. The maximum Gasteiger partial charge on any atom is 0.294 e. The summed E-state index contributed by atoms with van der Waals surface area (Å²) in [5.74, 6) is 0.623. The van der Waals surface area contributed by atoms with Gasteiger partial charge in [0, 0.05) is 0 Å². The van der Waals surface area contributed by atoms with E-state index in [1.165, 1.54) is 57.2 Å². The van der Waals surface area contributed by atoms with Crippen LogP contribution in [0.2, 0.25) is 0 Å². The third kappa shape index (κ3) is 10.1. The first-order valence-electron chi connectivity index (χ1n) is 9.77. The summed E-state index contributed by atoms with van der Waals surface area (Å²) in [5.41, 5.74) is 0. The Morgan fingerprint density at radius 1 is 0.885 bits per heavy atom. The lowest BCUT2D eigenvalue weighted by Crippen LogP contribution is -2.41. The first kappa shape index (κ1) is 22.9. The van der Waals surface area contributed by atoms with E-state index in [0.717, 1.165) is 23.9 Å². The molecule has 0 spiro atoms. The summed E-state index contributed by atoms with van der Waals surface area (Å²) in [6.07, 6.45) is 10.1. The minimum atomic E-state index is -4.14. The summed E-state index contributed by atoms with van der Waals surface area (Å²) < 4.78 is 37.6. The normalized spacial score (nSPS) is 12.3. The Kier molecular flexibility index (Phi) is 10.2. The molecule has 0 saturated heterocycles. The third-order valence-corrected chi connectivity index (χ3v) is 5.53. The van der Waals surface area contributed by atoms with E-state index in [2.05, 4.69) is 21.0 Å². The Balaban J connectivity index is 2.15. The lowest BCUT2D eigenvalue weighted by molar-refractivity contribution is -0.890. The highest BCUT2D eigenvalue weighted by molar-refractivity contribution is 7.85. The number of hydrogen-bond acceptors (Lipinski definition) is 3. The molecule has 26 heavy (non-hydrogen) atoms. The van der Waals surface area contributed by atoms with Crippen molar-refractivity contribution in [1.29, 1.82) is 0 Å². The highest BCUT2D eigenvalue weighted by Crippen LogP contribution is 2.16. The van der Waals surface area contributed by atoms with E-state index in [0.29, 0.717) is 12.4 Å². The molecule has 1 N–H and O–H groups in total. The van der Waals surface area contributed by atoms with Crippen LogP contribution in [0.5, 0.6) is 5.75 Å². The van der Waals surface area contributed by atoms with Crippen molar-refractivity contribution in [3.05, 3.63) is 24.3 Å². The Labute approximate surface area is 159 Å². The van der Waals surface area contributed by atoms with Crippen molar-refractivity contribution in [2.75, 3.05) is 33.8 Å². The number of ether oxygens (including phenoxy) is 1. The van der Waals surface area contributed by atoms with Crippen LogP contribution in [0.15, 0.2) is 29.2 Å². The number of benzene rings is 1. The maximum absolute atomic E-state index is 11.0. The number of unbranched alkanes of at least 4 members (excludes halogenated alkanes) is 6. The summed E-state index contributed by atoms with van der Waals surface area (Å²) in [6, 6.07) is 5.85. The zero-order valence-corrected chi connectivity index (χ0v) is 17.4. The Bertz CT molecular complexity index is 597. The van der Waals surface area contributed by atoms with Crippen LogP contribution in [0.3, 0.4) is 0 Å². The highest BCUT2D eigenvalue weighted by atomic mass is 32.2. The zero-order valence-electron chi connectivity index (χ0n) is 16.6. The number of rotatable bonds is 14. The van der Waals surface area contributed by atoms with Gasteiger partial charge >= 0.3 is 0 Å². The molecule has 0 aromatic heterocycles. The second-order valence-electron chi connectivity index (χ2n) is 7.65. The molecule has 6 heteroatoms. The molecule has 0 unspecified atom stereocenters. The molecule has 1 aromatic carbocycles. The minimum Gasteiger partial charge on any atom is -0.494 e. The van der Waals surface area contributed by atoms with Crippen LogP contribution in [-0.2, 0) is 10.1 Å². The quantitative estimate of drug-likeness (QED) is 0.290. The predicted molar refractivity (Wildman–Crippen MR) is 106 cm³/mol. The molecule has 150 valence electrons. The van der Waals surface area contributed by atoms with Gasteiger partial charge in [-0.25, -0.2) is 0 Å². The minimum absolute atomic E-state index is 0.112. The van der Waals surface area contributed by atoms with Gasteiger partial charge in [0.1, 0.15) is 5.75 Å². The van der Waals surface area contributed by atoms with Crippen molar-refractivity contribution >= 4 is 10.1 Å². The lowest BCUT2D eigenvalue weighted by atomic mass is 10.1. The fraction of sp³-hybridized carbons (Fsp3) is 0.700. The highest BCUT2D eigenvalue weighted by Gasteiger charge is 2.14. The Morgan fingerprint density at radius 2 is 1.42 bits per heavy atom. The van der Waals surface area contributed by atoms with Gasteiger partial charge in [0.05, 0.1) is 38.7 Å². The molecule has 0 aliphatic carbocycles. The molecule has 0 aliphatic heterocycles. The molecule has 0 bridgehead atoms. The van der Waals surface area contributed by atoms with E-state index in [1.54, 1.807) is 12.1 Å². The van der Waals surface area contributed by atoms with Gasteiger partial charge in [0.15, 0.2) is 0 Å². The molecule has 1 aromatic rings. The van der Waals surface area contributed by atoms with Gasteiger partial charge in [-0.15, -0.1) is 0 Å². The van der Waals surface area contributed by atoms with Gasteiger partial charge in [-0.2, -0.15) is 8.42 Å². The van der Waals surface area contributed by atoms with E-state index in [9.17, 15) is 8.42 Å². The predicted octanol–water partition coefficient (Wildman–Crippen LogP) is 4.53. The Hall–Kier alpha value is -1.11. The van der Waals surface area contributed by atoms with E-state index >= 15 is 0 Å². The van der Waals surface area contributed by atoms with E-state index in [4.69, 9.17) is 9.29 Å². The number of hydrogen-bond donors (Lipinski definition) is 1. The molecule has 0 aliphatic rings. The van der Waals surface area contributed by atoms with Crippen molar-refractivity contribution in [3.8, 4) is 5.75 Å². The Morgan fingerprint density at radius 3 is 2.00 bits per heavy atom. The summed E-state index contributed by atoms with van der Waals surface area (Å²) in [7, 11) is 0.448. The molecule has 5 nitrogen and oxygen atoms in total. The van der Waals surface area contributed by atoms with Crippen LogP contribution >= 0.6 is 0 Å². The van der Waals surface area contributed by atoms with Gasteiger partial charge in [0.2, 0.25) is 0 Å². The topological polar surface area (TPSA) is 63.6 Å². The molecule has 0 amide bonds. The van der Waals surface area contributed by atoms with Crippen LogP contribution in [0, 0.1) is 0 Å².